The number of rotatable bonds is 3. The van der Waals surface area contributed by atoms with Crippen molar-refractivity contribution < 1.29 is 4.74 Å². The van der Waals surface area contributed by atoms with Crippen LogP contribution in [0.25, 0.3) is 0 Å². The lowest BCUT2D eigenvalue weighted by Crippen LogP contribution is -1.98. The van der Waals surface area contributed by atoms with E-state index in [1.807, 2.05) is 12.1 Å². The van der Waals surface area contributed by atoms with Crippen LogP contribution in [0.1, 0.15) is 16.7 Å². The topological polar surface area (TPSA) is 22.1 Å². The van der Waals surface area contributed by atoms with E-state index in [0.29, 0.717) is 6.61 Å². The van der Waals surface area contributed by atoms with Crippen molar-refractivity contribution in [3.63, 3.8) is 0 Å². The Labute approximate surface area is 110 Å². The van der Waals surface area contributed by atoms with Gasteiger partial charge >= 0.3 is 0 Å². The lowest BCUT2D eigenvalue weighted by atomic mass is 10.1. The molecule has 1 heterocycles. The molecule has 0 spiro atoms. The van der Waals surface area contributed by atoms with E-state index in [1.165, 1.54) is 16.7 Å². The van der Waals surface area contributed by atoms with Crippen LogP contribution in [0.15, 0.2) is 41.1 Å². The normalized spacial score (nSPS) is 10.3. The van der Waals surface area contributed by atoms with Crippen molar-refractivity contribution in [1.29, 1.82) is 0 Å². The van der Waals surface area contributed by atoms with E-state index in [9.17, 15) is 0 Å². The number of halogens is 1. The maximum atomic E-state index is 5.70. The van der Waals surface area contributed by atoms with E-state index in [-0.39, 0.29) is 0 Å². The summed E-state index contributed by atoms with van der Waals surface area (Å²) in [6.45, 7) is 4.76. The second kappa shape index (κ2) is 5.32. The Morgan fingerprint density at radius 1 is 1.18 bits per heavy atom. The molecule has 0 aliphatic carbocycles. The highest BCUT2D eigenvalue weighted by molar-refractivity contribution is 9.10. The number of hydrogen-bond donors (Lipinski definition) is 0. The average molecular weight is 292 g/mol. The maximum absolute atomic E-state index is 5.70. The fourth-order valence-electron chi connectivity index (χ4n) is 1.56. The van der Waals surface area contributed by atoms with Crippen LogP contribution in [0.4, 0.5) is 0 Å². The molecule has 0 unspecified atom stereocenters. The van der Waals surface area contributed by atoms with Crippen molar-refractivity contribution in [1.82, 2.24) is 4.98 Å². The molecule has 3 heteroatoms. The van der Waals surface area contributed by atoms with Crippen LogP contribution in [-0.2, 0) is 6.61 Å². The molecule has 0 fully saturated rings. The molecule has 1 aromatic carbocycles. The third kappa shape index (κ3) is 3.30. The quantitative estimate of drug-likeness (QED) is 0.796. The predicted octanol–water partition coefficient (Wildman–Crippen LogP) is 4.04. The molecule has 0 atom stereocenters. The van der Waals surface area contributed by atoms with Crippen molar-refractivity contribution in [3.8, 4) is 5.75 Å². The van der Waals surface area contributed by atoms with Gasteiger partial charge in [-0.1, -0.05) is 23.8 Å². The van der Waals surface area contributed by atoms with Gasteiger partial charge in [0.15, 0.2) is 0 Å². The van der Waals surface area contributed by atoms with Gasteiger partial charge in [-0.25, -0.2) is 4.98 Å². The van der Waals surface area contributed by atoms with Gasteiger partial charge in [0, 0.05) is 0 Å². The van der Waals surface area contributed by atoms with Gasteiger partial charge in [0.25, 0.3) is 0 Å². The molecule has 2 rings (SSSR count). The first-order valence-corrected chi connectivity index (χ1v) is 6.25. The fourth-order valence-corrected chi connectivity index (χ4v) is 1.80. The molecule has 0 saturated heterocycles. The summed E-state index contributed by atoms with van der Waals surface area (Å²) < 4.78 is 6.52. The van der Waals surface area contributed by atoms with E-state index >= 15 is 0 Å². The van der Waals surface area contributed by atoms with E-state index in [4.69, 9.17) is 4.74 Å². The summed E-state index contributed by atoms with van der Waals surface area (Å²) in [5.41, 5.74) is 3.72. The van der Waals surface area contributed by atoms with Crippen LogP contribution in [0.5, 0.6) is 5.75 Å². The van der Waals surface area contributed by atoms with Gasteiger partial charge < -0.3 is 4.74 Å². The minimum Gasteiger partial charge on any atom is -0.487 e. The number of pyridine rings is 1. The van der Waals surface area contributed by atoms with E-state index < -0.39 is 0 Å². The number of nitrogens with zero attached hydrogens (tertiary/aromatic N) is 1. The molecular formula is C14H14BrNO. The number of ether oxygens (including phenoxy) is 1. The molecule has 0 amide bonds. The molecule has 17 heavy (non-hydrogen) atoms. The van der Waals surface area contributed by atoms with Gasteiger partial charge in [0.05, 0.1) is 6.20 Å². The summed E-state index contributed by atoms with van der Waals surface area (Å²) in [7, 11) is 0. The Kier molecular flexibility index (Phi) is 3.79. The van der Waals surface area contributed by atoms with Crippen LogP contribution in [0.2, 0.25) is 0 Å². The summed E-state index contributed by atoms with van der Waals surface area (Å²) in [4.78, 5) is 4.12. The maximum Gasteiger partial charge on any atom is 0.138 e. The van der Waals surface area contributed by atoms with Crippen LogP contribution in [-0.4, -0.2) is 4.98 Å². The highest BCUT2D eigenvalue weighted by Crippen LogP contribution is 2.16. The number of aromatic nitrogens is 1. The minimum absolute atomic E-state index is 0.580. The molecule has 1 aromatic heterocycles. The van der Waals surface area contributed by atoms with E-state index in [0.717, 1.165) is 10.4 Å². The van der Waals surface area contributed by atoms with Gasteiger partial charge in [0.2, 0.25) is 0 Å². The molecule has 0 aliphatic heterocycles. The first-order valence-electron chi connectivity index (χ1n) is 5.45. The number of hydrogen-bond acceptors (Lipinski definition) is 2. The Balaban J connectivity index is 2.07. The fraction of sp³-hybridized carbons (Fsp3) is 0.214. The monoisotopic (exact) mass is 291 g/mol. The number of aryl methyl sites for hydroxylation is 2. The summed E-state index contributed by atoms with van der Waals surface area (Å²) in [5.74, 6) is 0.786. The lowest BCUT2D eigenvalue weighted by molar-refractivity contribution is 0.304. The van der Waals surface area contributed by atoms with Gasteiger partial charge in [0.1, 0.15) is 17.0 Å². The first kappa shape index (κ1) is 12.1. The predicted molar refractivity (Wildman–Crippen MR) is 72.2 cm³/mol. The van der Waals surface area contributed by atoms with Crippen LogP contribution in [0.3, 0.4) is 0 Å². The van der Waals surface area contributed by atoms with Gasteiger partial charge in [-0.2, -0.15) is 0 Å². The van der Waals surface area contributed by atoms with Crippen LogP contribution < -0.4 is 4.74 Å². The average Bonchev–Trinajstić information content (AvgIpc) is 2.32. The lowest BCUT2D eigenvalue weighted by Gasteiger charge is -2.09. The van der Waals surface area contributed by atoms with Crippen LogP contribution >= 0.6 is 15.9 Å². The Hall–Kier alpha value is -1.35. The molecule has 88 valence electrons. The zero-order chi connectivity index (χ0) is 12.3. The zero-order valence-electron chi connectivity index (χ0n) is 9.90. The minimum atomic E-state index is 0.580. The molecule has 0 saturated carbocycles. The van der Waals surface area contributed by atoms with E-state index in [2.05, 4.69) is 53.0 Å². The summed E-state index contributed by atoms with van der Waals surface area (Å²) in [6.07, 6.45) is 1.72. The highest BCUT2D eigenvalue weighted by atomic mass is 79.9. The first-order chi connectivity index (χ1) is 8.15. The summed E-state index contributed by atoms with van der Waals surface area (Å²) in [5, 5.41) is 0. The van der Waals surface area contributed by atoms with Gasteiger partial charge in [-0.05, 0) is 53.0 Å². The second-order valence-corrected chi connectivity index (χ2v) is 4.85. The largest absolute Gasteiger partial charge is 0.487 e. The molecule has 0 radical (unpaired) electrons. The molecule has 0 aliphatic rings. The third-order valence-corrected chi connectivity index (χ3v) is 3.07. The third-order valence-electron chi connectivity index (χ3n) is 2.60. The second-order valence-electron chi connectivity index (χ2n) is 4.04. The van der Waals surface area contributed by atoms with Crippen molar-refractivity contribution >= 4 is 15.9 Å². The smallest absolute Gasteiger partial charge is 0.138 e. The Bertz CT molecular complexity index is 508. The molecule has 0 bridgehead atoms. The Morgan fingerprint density at radius 3 is 2.71 bits per heavy atom. The molecule has 2 nitrogen and oxygen atoms in total. The van der Waals surface area contributed by atoms with Gasteiger partial charge in [-0.15, -0.1) is 0 Å². The van der Waals surface area contributed by atoms with E-state index in [1.54, 1.807) is 6.20 Å². The molecule has 0 N–H and O–H groups in total. The summed E-state index contributed by atoms with van der Waals surface area (Å²) >= 11 is 3.30. The Morgan fingerprint density at radius 2 is 2.00 bits per heavy atom. The van der Waals surface area contributed by atoms with Crippen molar-refractivity contribution in [3.05, 3.63) is 57.8 Å². The number of benzene rings is 1. The SMILES string of the molecule is Cc1ccc(C)c(COc2ccc(Br)nc2)c1. The standard InChI is InChI=1S/C14H14BrNO/c1-10-3-4-11(2)12(7-10)9-17-13-5-6-14(15)16-8-13/h3-8H,9H2,1-2H3. The zero-order valence-corrected chi connectivity index (χ0v) is 11.5. The van der Waals surface area contributed by atoms with Crippen molar-refractivity contribution in [2.24, 2.45) is 0 Å². The van der Waals surface area contributed by atoms with Crippen molar-refractivity contribution in [2.45, 2.75) is 20.5 Å². The molecule has 2 aromatic rings. The molecular weight excluding hydrogens is 278 g/mol. The van der Waals surface area contributed by atoms with Crippen molar-refractivity contribution in [2.75, 3.05) is 0 Å². The summed E-state index contributed by atoms with van der Waals surface area (Å²) in [6, 6.07) is 10.2. The van der Waals surface area contributed by atoms with Gasteiger partial charge in [-0.3, -0.25) is 0 Å². The highest BCUT2D eigenvalue weighted by Gasteiger charge is 2.00. The van der Waals surface area contributed by atoms with Crippen LogP contribution in [0, 0.1) is 13.8 Å².